The van der Waals surface area contributed by atoms with Crippen molar-refractivity contribution in [3.63, 3.8) is 0 Å². The first-order chi connectivity index (χ1) is 8.94. The fraction of sp³-hybridized carbons (Fsp3) is 0.625. The molecule has 0 saturated heterocycles. The SMILES string of the molecule is CC(C)(C)Oc1ccc(Br)cc1OC1CCCCC1. The average Bonchev–Trinajstić information content (AvgIpc) is 2.32. The first-order valence-electron chi connectivity index (χ1n) is 7.09. The van der Waals surface area contributed by atoms with Crippen LogP contribution in [-0.4, -0.2) is 11.7 Å². The highest BCUT2D eigenvalue weighted by molar-refractivity contribution is 9.10. The maximum Gasteiger partial charge on any atom is 0.162 e. The van der Waals surface area contributed by atoms with Crippen LogP contribution in [0.3, 0.4) is 0 Å². The van der Waals surface area contributed by atoms with Gasteiger partial charge in [-0.2, -0.15) is 0 Å². The average molecular weight is 327 g/mol. The van der Waals surface area contributed by atoms with Gasteiger partial charge in [0.15, 0.2) is 11.5 Å². The molecule has 2 rings (SSSR count). The van der Waals surface area contributed by atoms with Crippen LogP contribution >= 0.6 is 15.9 Å². The normalized spacial score (nSPS) is 17.3. The molecule has 1 saturated carbocycles. The predicted octanol–water partition coefficient (Wildman–Crippen LogP) is 5.34. The van der Waals surface area contributed by atoms with Gasteiger partial charge in [-0.05, 0) is 64.7 Å². The summed E-state index contributed by atoms with van der Waals surface area (Å²) in [6.07, 6.45) is 6.53. The van der Waals surface area contributed by atoms with Gasteiger partial charge in [-0.1, -0.05) is 22.4 Å². The molecule has 0 atom stereocenters. The van der Waals surface area contributed by atoms with Gasteiger partial charge in [-0.25, -0.2) is 0 Å². The first kappa shape index (κ1) is 14.7. The van der Waals surface area contributed by atoms with Crippen LogP contribution in [-0.2, 0) is 0 Å². The number of hydrogen-bond donors (Lipinski definition) is 0. The number of hydrogen-bond acceptors (Lipinski definition) is 2. The monoisotopic (exact) mass is 326 g/mol. The summed E-state index contributed by atoms with van der Waals surface area (Å²) in [6.45, 7) is 6.16. The zero-order valence-electron chi connectivity index (χ0n) is 12.0. The molecular formula is C16H23BrO2. The number of rotatable bonds is 3. The van der Waals surface area contributed by atoms with E-state index in [9.17, 15) is 0 Å². The smallest absolute Gasteiger partial charge is 0.162 e. The summed E-state index contributed by atoms with van der Waals surface area (Å²) in [7, 11) is 0. The van der Waals surface area contributed by atoms with Crippen LogP contribution in [0.15, 0.2) is 22.7 Å². The van der Waals surface area contributed by atoms with E-state index in [2.05, 4.69) is 36.7 Å². The van der Waals surface area contributed by atoms with Gasteiger partial charge >= 0.3 is 0 Å². The Bertz CT molecular complexity index is 417. The van der Waals surface area contributed by atoms with Crippen molar-refractivity contribution in [1.82, 2.24) is 0 Å². The Morgan fingerprint density at radius 2 is 1.74 bits per heavy atom. The minimum atomic E-state index is -0.210. The van der Waals surface area contributed by atoms with E-state index in [1.54, 1.807) is 0 Å². The standard InChI is InChI=1S/C16H23BrO2/c1-16(2,3)19-14-10-9-12(17)11-15(14)18-13-7-5-4-6-8-13/h9-11,13H,4-8H2,1-3H3. The van der Waals surface area contributed by atoms with Gasteiger partial charge in [0.1, 0.15) is 5.60 Å². The molecule has 0 heterocycles. The van der Waals surface area contributed by atoms with Crippen LogP contribution in [0.5, 0.6) is 11.5 Å². The highest BCUT2D eigenvalue weighted by atomic mass is 79.9. The molecule has 0 unspecified atom stereocenters. The zero-order valence-corrected chi connectivity index (χ0v) is 13.6. The van der Waals surface area contributed by atoms with E-state index in [1.165, 1.54) is 19.3 Å². The topological polar surface area (TPSA) is 18.5 Å². The lowest BCUT2D eigenvalue weighted by Gasteiger charge is -2.27. The molecule has 1 fully saturated rings. The van der Waals surface area contributed by atoms with E-state index in [0.717, 1.165) is 28.8 Å². The first-order valence-corrected chi connectivity index (χ1v) is 7.88. The number of halogens is 1. The summed E-state index contributed by atoms with van der Waals surface area (Å²) in [4.78, 5) is 0. The Kier molecular flexibility index (Phi) is 4.77. The van der Waals surface area contributed by atoms with E-state index in [4.69, 9.17) is 9.47 Å². The molecule has 1 aromatic carbocycles. The lowest BCUT2D eigenvalue weighted by atomic mass is 9.98. The van der Waals surface area contributed by atoms with E-state index in [0.29, 0.717) is 6.10 Å². The molecule has 19 heavy (non-hydrogen) atoms. The molecule has 0 amide bonds. The van der Waals surface area contributed by atoms with Crippen molar-refractivity contribution in [2.75, 3.05) is 0 Å². The van der Waals surface area contributed by atoms with E-state index < -0.39 is 0 Å². The summed E-state index contributed by atoms with van der Waals surface area (Å²) in [6, 6.07) is 5.98. The van der Waals surface area contributed by atoms with Crippen LogP contribution in [0, 0.1) is 0 Å². The van der Waals surface area contributed by atoms with Crippen molar-refractivity contribution < 1.29 is 9.47 Å². The molecule has 3 heteroatoms. The van der Waals surface area contributed by atoms with Gasteiger partial charge in [-0.3, -0.25) is 0 Å². The van der Waals surface area contributed by atoms with Crippen LogP contribution in [0.25, 0.3) is 0 Å². The third-order valence-electron chi connectivity index (χ3n) is 3.17. The molecule has 0 spiro atoms. The van der Waals surface area contributed by atoms with Gasteiger partial charge in [0.05, 0.1) is 6.10 Å². The number of benzene rings is 1. The van der Waals surface area contributed by atoms with Gasteiger partial charge < -0.3 is 9.47 Å². The van der Waals surface area contributed by atoms with Crippen LogP contribution in [0.4, 0.5) is 0 Å². The van der Waals surface area contributed by atoms with Crippen LogP contribution in [0.1, 0.15) is 52.9 Å². The van der Waals surface area contributed by atoms with Crippen molar-refractivity contribution in [3.8, 4) is 11.5 Å². The van der Waals surface area contributed by atoms with Crippen molar-refractivity contribution in [2.24, 2.45) is 0 Å². The summed E-state index contributed by atoms with van der Waals surface area (Å²) in [5, 5.41) is 0. The molecule has 1 aliphatic rings. The van der Waals surface area contributed by atoms with Gasteiger partial charge in [0.25, 0.3) is 0 Å². The molecule has 0 radical (unpaired) electrons. The summed E-state index contributed by atoms with van der Waals surface area (Å²) in [5.41, 5.74) is -0.210. The fourth-order valence-electron chi connectivity index (χ4n) is 2.35. The molecule has 0 aliphatic heterocycles. The third kappa shape index (κ3) is 4.72. The zero-order chi connectivity index (χ0) is 13.9. The quantitative estimate of drug-likeness (QED) is 0.746. The van der Waals surface area contributed by atoms with Crippen LogP contribution in [0.2, 0.25) is 0 Å². The van der Waals surface area contributed by atoms with Crippen molar-refractivity contribution in [1.29, 1.82) is 0 Å². The molecule has 0 bridgehead atoms. The summed E-state index contributed by atoms with van der Waals surface area (Å²) < 4.78 is 13.2. The lowest BCUT2D eigenvalue weighted by molar-refractivity contribution is 0.107. The fourth-order valence-corrected chi connectivity index (χ4v) is 2.69. The second kappa shape index (κ2) is 6.17. The largest absolute Gasteiger partial charge is 0.487 e. The van der Waals surface area contributed by atoms with E-state index in [-0.39, 0.29) is 5.60 Å². The van der Waals surface area contributed by atoms with Crippen molar-refractivity contribution in [2.45, 2.75) is 64.6 Å². The highest BCUT2D eigenvalue weighted by Crippen LogP contribution is 2.35. The second-order valence-corrected chi connectivity index (χ2v) is 7.10. The summed E-state index contributed by atoms with van der Waals surface area (Å²) in [5.74, 6) is 1.69. The Labute approximate surface area is 124 Å². The Morgan fingerprint density at radius 1 is 1.05 bits per heavy atom. The minimum absolute atomic E-state index is 0.210. The minimum Gasteiger partial charge on any atom is -0.487 e. The van der Waals surface area contributed by atoms with E-state index in [1.807, 2.05) is 18.2 Å². The highest BCUT2D eigenvalue weighted by Gasteiger charge is 2.20. The lowest BCUT2D eigenvalue weighted by Crippen LogP contribution is -2.24. The Balaban J connectivity index is 2.14. The third-order valence-corrected chi connectivity index (χ3v) is 3.66. The predicted molar refractivity (Wildman–Crippen MR) is 82.0 cm³/mol. The van der Waals surface area contributed by atoms with E-state index >= 15 is 0 Å². The molecular weight excluding hydrogens is 304 g/mol. The Morgan fingerprint density at radius 3 is 2.37 bits per heavy atom. The molecule has 2 nitrogen and oxygen atoms in total. The maximum absolute atomic E-state index is 6.16. The second-order valence-electron chi connectivity index (χ2n) is 6.18. The van der Waals surface area contributed by atoms with Gasteiger partial charge in [0, 0.05) is 4.47 Å². The molecule has 1 aromatic rings. The summed E-state index contributed by atoms with van der Waals surface area (Å²) >= 11 is 3.51. The van der Waals surface area contributed by atoms with Crippen LogP contribution < -0.4 is 9.47 Å². The van der Waals surface area contributed by atoms with Gasteiger partial charge in [0.2, 0.25) is 0 Å². The van der Waals surface area contributed by atoms with Crippen molar-refractivity contribution in [3.05, 3.63) is 22.7 Å². The molecule has 106 valence electrons. The number of ether oxygens (including phenoxy) is 2. The Hall–Kier alpha value is -0.700. The van der Waals surface area contributed by atoms with Gasteiger partial charge in [-0.15, -0.1) is 0 Å². The molecule has 0 aromatic heterocycles. The maximum atomic E-state index is 6.16. The molecule has 1 aliphatic carbocycles. The van der Waals surface area contributed by atoms with Crippen molar-refractivity contribution >= 4 is 15.9 Å². The molecule has 0 N–H and O–H groups in total.